The molecule has 4 aromatic carbocycles. The van der Waals surface area contributed by atoms with Gasteiger partial charge in [0.1, 0.15) is 5.75 Å². The second kappa shape index (κ2) is 9.37. The molecule has 0 atom stereocenters. The van der Waals surface area contributed by atoms with E-state index >= 15 is 0 Å². The van der Waals surface area contributed by atoms with E-state index in [2.05, 4.69) is 4.98 Å². The monoisotopic (exact) mass is 430 g/mol. The summed E-state index contributed by atoms with van der Waals surface area (Å²) in [6.07, 6.45) is 0.448. The zero-order valence-electron chi connectivity index (χ0n) is 17.9. The van der Waals surface area contributed by atoms with E-state index in [0.29, 0.717) is 23.6 Å². The number of hydrogen-bond acceptors (Lipinski definition) is 3. The summed E-state index contributed by atoms with van der Waals surface area (Å²) < 4.78 is 6.53. The number of rotatable bonds is 5. The van der Waals surface area contributed by atoms with Crippen molar-refractivity contribution in [1.29, 1.82) is 0 Å². The molecule has 1 heterocycles. The highest BCUT2D eigenvalue weighted by Gasteiger charge is 2.18. The Morgan fingerprint density at radius 2 is 1.33 bits per heavy atom. The van der Waals surface area contributed by atoms with Crippen LogP contribution in [0.3, 0.4) is 0 Å². The highest BCUT2D eigenvalue weighted by Crippen LogP contribution is 2.29. The average molecular weight is 431 g/mol. The van der Waals surface area contributed by atoms with Crippen LogP contribution in [0.2, 0.25) is 0 Å². The molecular weight excluding hydrogens is 408 g/mol. The van der Waals surface area contributed by atoms with E-state index in [1.807, 2.05) is 115 Å². The fraction of sp³-hybridized carbons (Fsp3) is 0.0345. The number of fused-ring (bicyclic) bond motifs is 1. The van der Waals surface area contributed by atoms with Crippen molar-refractivity contribution in [3.8, 4) is 5.75 Å². The zero-order chi connectivity index (χ0) is 22.5. The summed E-state index contributed by atoms with van der Waals surface area (Å²) in [4.78, 5) is 21.0. The highest BCUT2D eigenvalue weighted by molar-refractivity contribution is 5.99. The maximum Gasteiger partial charge on any atom is 0.255 e. The molecule has 0 bridgehead atoms. The van der Waals surface area contributed by atoms with E-state index in [1.54, 1.807) is 0 Å². The van der Waals surface area contributed by atoms with E-state index in [0.717, 1.165) is 27.7 Å². The van der Waals surface area contributed by atoms with Crippen LogP contribution in [-0.2, 0) is 6.42 Å². The van der Waals surface area contributed by atoms with Gasteiger partial charge in [-0.2, -0.15) is 0 Å². The van der Waals surface area contributed by atoms with Crippen LogP contribution in [0, 0.1) is 0 Å². The van der Waals surface area contributed by atoms with Gasteiger partial charge in [-0.25, -0.2) is 4.99 Å². The molecule has 4 heteroatoms. The summed E-state index contributed by atoms with van der Waals surface area (Å²) in [5, 5.41) is 0.833. The number of H-pyrrole nitrogens is 1. The molecule has 0 saturated heterocycles. The van der Waals surface area contributed by atoms with Gasteiger partial charge in [-0.3, -0.25) is 4.79 Å². The van der Waals surface area contributed by atoms with Gasteiger partial charge in [-0.1, -0.05) is 78.9 Å². The molecule has 5 aromatic rings. The smallest absolute Gasteiger partial charge is 0.255 e. The molecule has 0 unspecified atom stereocenters. The van der Waals surface area contributed by atoms with Gasteiger partial charge in [-0.15, -0.1) is 0 Å². The Balaban J connectivity index is 1.69. The molecule has 1 N–H and O–H groups in total. The standard InChI is InChI=1S/C29H22N2O2/c32-28-25(20-21-12-4-1-5-13-21)27(24-18-10-11-19-26(24)31-28)33-29(22-14-6-2-7-15-22)30-23-16-8-3-9-17-23/h1-19H,20H2,(H,31,32). The summed E-state index contributed by atoms with van der Waals surface area (Å²) in [7, 11) is 0. The van der Waals surface area contributed by atoms with Crippen molar-refractivity contribution in [3.05, 3.63) is 142 Å². The summed E-state index contributed by atoms with van der Waals surface area (Å²) in [5.41, 5.74) is 3.76. The third-order valence-corrected chi connectivity index (χ3v) is 5.40. The number of pyridine rings is 1. The maximum absolute atomic E-state index is 13.2. The van der Waals surface area contributed by atoms with Gasteiger partial charge in [0.15, 0.2) is 0 Å². The lowest BCUT2D eigenvalue weighted by Gasteiger charge is -2.15. The predicted octanol–water partition coefficient (Wildman–Crippen LogP) is 6.28. The molecule has 4 nitrogen and oxygen atoms in total. The number of para-hydroxylation sites is 2. The summed E-state index contributed by atoms with van der Waals surface area (Å²) in [6, 6.07) is 37.0. The Morgan fingerprint density at radius 1 is 0.727 bits per heavy atom. The molecule has 160 valence electrons. The number of benzene rings is 4. The highest BCUT2D eigenvalue weighted by atomic mass is 16.5. The van der Waals surface area contributed by atoms with Crippen molar-refractivity contribution in [1.82, 2.24) is 4.98 Å². The third kappa shape index (κ3) is 4.60. The average Bonchev–Trinajstić information content (AvgIpc) is 2.87. The first-order chi connectivity index (χ1) is 16.3. The second-order valence-electron chi connectivity index (χ2n) is 7.69. The largest absolute Gasteiger partial charge is 0.437 e. The van der Waals surface area contributed by atoms with Gasteiger partial charge < -0.3 is 9.72 Å². The van der Waals surface area contributed by atoms with Crippen molar-refractivity contribution in [2.75, 3.05) is 0 Å². The minimum atomic E-state index is -0.167. The number of aromatic nitrogens is 1. The van der Waals surface area contributed by atoms with Gasteiger partial charge >= 0.3 is 0 Å². The van der Waals surface area contributed by atoms with Crippen LogP contribution in [0.25, 0.3) is 10.9 Å². The van der Waals surface area contributed by atoms with Crippen LogP contribution in [0.4, 0.5) is 5.69 Å². The normalized spacial score (nSPS) is 11.5. The number of nitrogens with zero attached hydrogens (tertiary/aromatic N) is 1. The zero-order valence-corrected chi connectivity index (χ0v) is 17.9. The molecule has 0 fully saturated rings. The Kier molecular flexibility index (Phi) is 5.81. The lowest BCUT2D eigenvalue weighted by atomic mass is 10.0. The SMILES string of the molecule is O=c1[nH]c2ccccc2c(OC(=Nc2ccccc2)c2ccccc2)c1Cc1ccccc1. The fourth-order valence-electron chi connectivity index (χ4n) is 3.77. The minimum Gasteiger partial charge on any atom is -0.437 e. The lowest BCUT2D eigenvalue weighted by molar-refractivity contribution is 0.551. The molecule has 5 rings (SSSR count). The fourth-order valence-corrected chi connectivity index (χ4v) is 3.77. The van der Waals surface area contributed by atoms with Gasteiger partial charge in [0.2, 0.25) is 5.90 Å². The molecule has 0 saturated carbocycles. The molecule has 1 aromatic heterocycles. The van der Waals surface area contributed by atoms with Crippen LogP contribution in [0.1, 0.15) is 16.7 Å². The quantitative estimate of drug-likeness (QED) is 0.264. The molecule has 33 heavy (non-hydrogen) atoms. The van der Waals surface area contributed by atoms with E-state index in [4.69, 9.17) is 9.73 Å². The lowest BCUT2D eigenvalue weighted by Crippen LogP contribution is -2.19. The van der Waals surface area contributed by atoms with Crippen molar-refractivity contribution >= 4 is 22.5 Å². The summed E-state index contributed by atoms with van der Waals surface area (Å²) in [6.45, 7) is 0. The van der Waals surface area contributed by atoms with E-state index in [1.165, 1.54) is 0 Å². The van der Waals surface area contributed by atoms with Crippen LogP contribution >= 0.6 is 0 Å². The minimum absolute atomic E-state index is 0.167. The number of aliphatic imine (C=N–C) groups is 1. The van der Waals surface area contributed by atoms with Crippen LogP contribution in [0.15, 0.2) is 125 Å². The Bertz CT molecular complexity index is 1460. The molecule has 0 aliphatic carbocycles. The molecule has 0 amide bonds. The van der Waals surface area contributed by atoms with Gasteiger partial charge in [0.25, 0.3) is 5.56 Å². The third-order valence-electron chi connectivity index (χ3n) is 5.40. The van der Waals surface area contributed by atoms with Gasteiger partial charge in [-0.05, 0) is 42.0 Å². The van der Waals surface area contributed by atoms with Crippen molar-refractivity contribution in [3.63, 3.8) is 0 Å². The van der Waals surface area contributed by atoms with E-state index in [9.17, 15) is 4.79 Å². The van der Waals surface area contributed by atoms with Crippen LogP contribution in [-0.4, -0.2) is 10.9 Å². The second-order valence-corrected chi connectivity index (χ2v) is 7.69. The maximum atomic E-state index is 13.2. The molecule has 0 radical (unpaired) electrons. The molecule has 0 aliphatic rings. The topological polar surface area (TPSA) is 54.5 Å². The molecular formula is C29H22N2O2. The van der Waals surface area contributed by atoms with Crippen molar-refractivity contribution in [2.24, 2.45) is 4.99 Å². The Hall–Kier alpha value is -4.44. The predicted molar refractivity (Wildman–Crippen MR) is 134 cm³/mol. The number of nitrogens with one attached hydrogen (secondary N) is 1. The van der Waals surface area contributed by atoms with Gasteiger partial charge in [0.05, 0.1) is 16.8 Å². The van der Waals surface area contributed by atoms with E-state index in [-0.39, 0.29) is 5.56 Å². The first-order valence-corrected chi connectivity index (χ1v) is 10.8. The number of ether oxygens (including phenoxy) is 1. The van der Waals surface area contributed by atoms with Crippen LogP contribution in [0.5, 0.6) is 5.75 Å². The first-order valence-electron chi connectivity index (χ1n) is 10.8. The number of hydrogen-bond donors (Lipinski definition) is 1. The Labute approximate surface area is 191 Å². The molecule has 0 spiro atoms. The van der Waals surface area contributed by atoms with Gasteiger partial charge in [0, 0.05) is 17.4 Å². The Morgan fingerprint density at radius 3 is 2.06 bits per heavy atom. The van der Waals surface area contributed by atoms with Crippen LogP contribution < -0.4 is 10.3 Å². The summed E-state index contributed by atoms with van der Waals surface area (Å²) >= 11 is 0. The first kappa shape index (κ1) is 20.5. The van der Waals surface area contributed by atoms with Crippen molar-refractivity contribution < 1.29 is 4.74 Å². The van der Waals surface area contributed by atoms with E-state index < -0.39 is 0 Å². The summed E-state index contributed by atoms with van der Waals surface area (Å²) in [5.74, 6) is 0.962. The molecule has 0 aliphatic heterocycles. The number of aromatic amines is 1. The van der Waals surface area contributed by atoms with Crippen molar-refractivity contribution in [2.45, 2.75) is 6.42 Å².